The van der Waals surface area contributed by atoms with Crippen LogP contribution in [0.3, 0.4) is 0 Å². The van der Waals surface area contributed by atoms with E-state index in [0.717, 1.165) is 0 Å². The monoisotopic (exact) mass is 233 g/mol. The number of anilines is 1. The SMILES string of the molecule is O=C1OCCN1c1nc(Cl)cc(Cl)n1. The van der Waals surface area contributed by atoms with Gasteiger partial charge in [-0.05, 0) is 0 Å². The predicted octanol–water partition coefficient (Wildman–Crippen LogP) is 1.74. The maximum Gasteiger partial charge on any atom is 0.416 e. The summed E-state index contributed by atoms with van der Waals surface area (Å²) in [5.41, 5.74) is 0. The summed E-state index contributed by atoms with van der Waals surface area (Å²) in [7, 11) is 0. The van der Waals surface area contributed by atoms with Gasteiger partial charge in [0, 0.05) is 6.07 Å². The molecule has 0 unspecified atom stereocenters. The molecular formula is C7H5Cl2N3O2. The average Bonchev–Trinajstić information content (AvgIpc) is 2.49. The molecule has 1 amide bonds. The summed E-state index contributed by atoms with van der Waals surface area (Å²) in [5, 5.41) is 0.388. The fourth-order valence-electron chi connectivity index (χ4n) is 1.07. The minimum atomic E-state index is -0.483. The van der Waals surface area contributed by atoms with Crippen LogP contribution in [0.25, 0.3) is 0 Å². The molecule has 2 heterocycles. The molecule has 1 saturated heterocycles. The van der Waals surface area contributed by atoms with Gasteiger partial charge in [0.25, 0.3) is 0 Å². The summed E-state index contributed by atoms with van der Waals surface area (Å²) in [6, 6.07) is 1.40. The number of carbonyl (C=O) groups excluding carboxylic acids is 1. The van der Waals surface area contributed by atoms with Gasteiger partial charge in [-0.3, -0.25) is 0 Å². The third kappa shape index (κ3) is 1.73. The van der Waals surface area contributed by atoms with Crippen molar-refractivity contribution >= 4 is 35.2 Å². The smallest absolute Gasteiger partial charge is 0.416 e. The van der Waals surface area contributed by atoms with E-state index in [0.29, 0.717) is 13.2 Å². The highest BCUT2D eigenvalue weighted by molar-refractivity contribution is 6.33. The number of carbonyl (C=O) groups is 1. The second kappa shape index (κ2) is 3.59. The van der Waals surface area contributed by atoms with Crippen LogP contribution in [0.4, 0.5) is 10.7 Å². The van der Waals surface area contributed by atoms with Crippen molar-refractivity contribution in [2.24, 2.45) is 0 Å². The Balaban J connectivity index is 2.35. The van der Waals surface area contributed by atoms with E-state index in [-0.39, 0.29) is 16.3 Å². The van der Waals surface area contributed by atoms with Crippen molar-refractivity contribution in [3.8, 4) is 0 Å². The van der Waals surface area contributed by atoms with Gasteiger partial charge in [-0.25, -0.2) is 19.7 Å². The van der Waals surface area contributed by atoms with Crippen molar-refractivity contribution in [3.63, 3.8) is 0 Å². The summed E-state index contributed by atoms with van der Waals surface area (Å²) >= 11 is 11.3. The highest BCUT2D eigenvalue weighted by Crippen LogP contribution is 2.19. The minimum absolute atomic E-state index is 0.171. The molecule has 0 spiro atoms. The molecule has 74 valence electrons. The van der Waals surface area contributed by atoms with Crippen LogP contribution in [-0.2, 0) is 4.74 Å². The van der Waals surface area contributed by atoms with Crippen molar-refractivity contribution in [3.05, 3.63) is 16.4 Å². The predicted molar refractivity (Wildman–Crippen MR) is 50.7 cm³/mol. The number of cyclic esters (lactones) is 1. The van der Waals surface area contributed by atoms with Crippen LogP contribution in [0.2, 0.25) is 10.3 Å². The lowest BCUT2D eigenvalue weighted by Crippen LogP contribution is -2.25. The lowest BCUT2D eigenvalue weighted by Gasteiger charge is -2.09. The first kappa shape index (κ1) is 9.48. The molecule has 1 aromatic rings. The number of aromatic nitrogens is 2. The zero-order chi connectivity index (χ0) is 10.1. The summed E-state index contributed by atoms with van der Waals surface area (Å²) in [6.45, 7) is 0.738. The van der Waals surface area contributed by atoms with Crippen LogP contribution in [0.1, 0.15) is 0 Å². The Hall–Kier alpha value is -1.07. The second-order valence-electron chi connectivity index (χ2n) is 2.58. The Morgan fingerprint density at radius 2 is 2.00 bits per heavy atom. The molecule has 1 aliphatic heterocycles. The first-order valence-electron chi connectivity index (χ1n) is 3.81. The fraction of sp³-hybridized carbons (Fsp3) is 0.286. The van der Waals surface area contributed by atoms with Gasteiger partial charge in [-0.15, -0.1) is 0 Å². The summed E-state index contributed by atoms with van der Waals surface area (Å²) in [5.74, 6) is 0.171. The molecule has 0 aliphatic carbocycles. The normalized spacial score (nSPS) is 15.9. The number of ether oxygens (including phenoxy) is 1. The zero-order valence-corrected chi connectivity index (χ0v) is 8.42. The molecule has 1 aliphatic rings. The van der Waals surface area contributed by atoms with Crippen molar-refractivity contribution < 1.29 is 9.53 Å². The lowest BCUT2D eigenvalue weighted by atomic mass is 10.6. The van der Waals surface area contributed by atoms with Crippen LogP contribution < -0.4 is 4.90 Å². The quantitative estimate of drug-likeness (QED) is 0.694. The average molecular weight is 234 g/mol. The van der Waals surface area contributed by atoms with Crippen LogP contribution in [0.15, 0.2) is 6.07 Å². The van der Waals surface area contributed by atoms with E-state index < -0.39 is 6.09 Å². The van der Waals surface area contributed by atoms with E-state index >= 15 is 0 Å². The van der Waals surface area contributed by atoms with Crippen LogP contribution >= 0.6 is 23.2 Å². The third-order valence-electron chi connectivity index (χ3n) is 1.65. The van der Waals surface area contributed by atoms with E-state index in [1.165, 1.54) is 11.0 Å². The van der Waals surface area contributed by atoms with Crippen LogP contribution in [0, 0.1) is 0 Å². The van der Waals surface area contributed by atoms with Gasteiger partial charge in [0.05, 0.1) is 6.54 Å². The third-order valence-corrected chi connectivity index (χ3v) is 2.04. The van der Waals surface area contributed by atoms with E-state index in [4.69, 9.17) is 27.9 Å². The topological polar surface area (TPSA) is 55.3 Å². The second-order valence-corrected chi connectivity index (χ2v) is 3.35. The van der Waals surface area contributed by atoms with Crippen molar-refractivity contribution in [1.82, 2.24) is 9.97 Å². The Labute approximate surface area is 89.6 Å². The highest BCUT2D eigenvalue weighted by Gasteiger charge is 2.26. The van der Waals surface area contributed by atoms with Crippen molar-refractivity contribution in [2.75, 3.05) is 18.1 Å². The molecule has 0 bridgehead atoms. The molecule has 7 heteroatoms. The molecular weight excluding hydrogens is 229 g/mol. The lowest BCUT2D eigenvalue weighted by molar-refractivity contribution is 0.181. The number of nitrogens with zero attached hydrogens (tertiary/aromatic N) is 3. The summed E-state index contributed by atoms with van der Waals surface area (Å²) in [4.78, 5) is 20.1. The van der Waals surface area contributed by atoms with Crippen molar-refractivity contribution in [2.45, 2.75) is 0 Å². The number of hydrogen-bond acceptors (Lipinski definition) is 4. The van der Waals surface area contributed by atoms with E-state index in [9.17, 15) is 4.79 Å². The van der Waals surface area contributed by atoms with Crippen LogP contribution in [0.5, 0.6) is 0 Å². The van der Waals surface area contributed by atoms with Gasteiger partial charge in [-0.1, -0.05) is 23.2 Å². The molecule has 14 heavy (non-hydrogen) atoms. The van der Waals surface area contributed by atoms with E-state index in [1.54, 1.807) is 0 Å². The molecule has 0 aromatic carbocycles. The largest absolute Gasteiger partial charge is 0.447 e. The molecule has 1 aromatic heterocycles. The minimum Gasteiger partial charge on any atom is -0.447 e. The molecule has 0 N–H and O–H groups in total. The highest BCUT2D eigenvalue weighted by atomic mass is 35.5. The molecule has 1 fully saturated rings. The number of hydrogen-bond donors (Lipinski definition) is 0. The van der Waals surface area contributed by atoms with Gasteiger partial charge in [0.15, 0.2) is 0 Å². The van der Waals surface area contributed by atoms with E-state index in [1.807, 2.05) is 0 Å². The van der Waals surface area contributed by atoms with Gasteiger partial charge in [-0.2, -0.15) is 0 Å². The van der Waals surface area contributed by atoms with Gasteiger partial charge >= 0.3 is 6.09 Å². The molecule has 2 rings (SSSR count). The Bertz CT molecular complexity index is 365. The van der Waals surface area contributed by atoms with Gasteiger partial charge in [0.1, 0.15) is 16.9 Å². The van der Waals surface area contributed by atoms with Crippen molar-refractivity contribution in [1.29, 1.82) is 0 Å². The fourth-order valence-corrected chi connectivity index (χ4v) is 1.49. The zero-order valence-electron chi connectivity index (χ0n) is 6.91. The number of rotatable bonds is 1. The van der Waals surface area contributed by atoms with E-state index in [2.05, 4.69) is 9.97 Å². The molecule has 0 radical (unpaired) electrons. The van der Waals surface area contributed by atoms with Crippen LogP contribution in [-0.4, -0.2) is 29.2 Å². The summed E-state index contributed by atoms with van der Waals surface area (Å²) < 4.78 is 4.72. The van der Waals surface area contributed by atoms with Gasteiger partial charge < -0.3 is 4.74 Å². The molecule has 5 nitrogen and oxygen atoms in total. The Morgan fingerprint density at radius 1 is 1.36 bits per heavy atom. The summed E-state index contributed by atoms with van der Waals surface area (Å²) in [6.07, 6.45) is -0.483. The molecule has 0 atom stereocenters. The number of halogens is 2. The maximum absolute atomic E-state index is 11.1. The Morgan fingerprint density at radius 3 is 2.50 bits per heavy atom. The number of amides is 1. The first-order valence-corrected chi connectivity index (χ1v) is 4.57. The molecule has 0 saturated carbocycles. The van der Waals surface area contributed by atoms with Gasteiger partial charge in [0.2, 0.25) is 5.95 Å². The Kier molecular flexibility index (Phi) is 2.43. The first-order chi connectivity index (χ1) is 6.66. The standard InChI is InChI=1S/C7H5Cl2N3O2/c8-4-3-5(9)11-6(10-4)12-1-2-14-7(12)13/h3H,1-2H2. The maximum atomic E-state index is 11.1.